The minimum Gasteiger partial charge on any atom is -0.481 e. The quantitative estimate of drug-likeness (QED) is 0.870. The maximum Gasteiger partial charge on any atom is 0.303 e. The van der Waals surface area contributed by atoms with Gasteiger partial charge in [-0.3, -0.25) is 9.59 Å². The largest absolute Gasteiger partial charge is 0.481 e. The fourth-order valence-electron chi connectivity index (χ4n) is 1.80. The van der Waals surface area contributed by atoms with Crippen molar-refractivity contribution in [3.63, 3.8) is 0 Å². The van der Waals surface area contributed by atoms with Gasteiger partial charge in [0.05, 0.1) is 24.2 Å². The summed E-state index contributed by atoms with van der Waals surface area (Å²) in [7, 11) is 1.73. The molecule has 1 amide bonds. The number of carbonyl (C=O) groups excluding carboxylic acids is 1. The van der Waals surface area contributed by atoms with Gasteiger partial charge in [0.15, 0.2) is 0 Å². The van der Waals surface area contributed by atoms with Crippen LogP contribution in [0.3, 0.4) is 0 Å². The summed E-state index contributed by atoms with van der Waals surface area (Å²) in [5.74, 6) is -0.919. The molecule has 106 valence electrons. The van der Waals surface area contributed by atoms with E-state index in [1.807, 2.05) is 6.92 Å². The van der Waals surface area contributed by atoms with Gasteiger partial charge in [-0.05, 0) is 12.3 Å². The summed E-state index contributed by atoms with van der Waals surface area (Å²) in [4.78, 5) is 29.7. The highest BCUT2D eigenvalue weighted by molar-refractivity contribution is 7.09. The van der Waals surface area contributed by atoms with Crippen molar-refractivity contribution in [1.29, 1.82) is 0 Å². The molecule has 1 aromatic heterocycles. The highest BCUT2D eigenvalue weighted by Crippen LogP contribution is 2.26. The fraction of sp³-hybridized carbons (Fsp3) is 0.615. The summed E-state index contributed by atoms with van der Waals surface area (Å²) in [6.07, 6.45) is 0.222. The predicted octanol–water partition coefficient (Wildman–Crippen LogP) is 2.30. The normalized spacial score (nSPS) is 11.4. The second-order valence-electron chi connectivity index (χ2n) is 5.52. The molecule has 0 unspecified atom stereocenters. The van der Waals surface area contributed by atoms with Crippen LogP contribution in [-0.2, 0) is 16.1 Å². The highest BCUT2D eigenvalue weighted by atomic mass is 32.1. The maximum absolute atomic E-state index is 12.1. The standard InChI is InChI=1S/C13H20N2O3S/c1-9-10(19-8-14-9)7-15(4)11(16)5-13(2,3)6-12(17)18/h8H,5-7H2,1-4H3,(H,17,18). The Hall–Kier alpha value is -1.43. The van der Waals surface area contributed by atoms with E-state index >= 15 is 0 Å². The summed E-state index contributed by atoms with van der Waals surface area (Å²) in [5.41, 5.74) is 2.17. The van der Waals surface area contributed by atoms with Gasteiger partial charge in [-0.1, -0.05) is 13.8 Å². The molecule has 6 heteroatoms. The van der Waals surface area contributed by atoms with Crippen LogP contribution in [0.1, 0.15) is 37.3 Å². The van der Waals surface area contributed by atoms with E-state index in [0.29, 0.717) is 6.54 Å². The lowest BCUT2D eigenvalue weighted by molar-refractivity contribution is -0.140. The Balaban J connectivity index is 2.58. The monoisotopic (exact) mass is 284 g/mol. The van der Waals surface area contributed by atoms with Crippen LogP contribution in [0.5, 0.6) is 0 Å². The number of amides is 1. The summed E-state index contributed by atoms with van der Waals surface area (Å²) >= 11 is 1.52. The zero-order valence-electron chi connectivity index (χ0n) is 11.8. The van der Waals surface area contributed by atoms with Gasteiger partial charge in [-0.25, -0.2) is 4.98 Å². The van der Waals surface area contributed by atoms with E-state index in [9.17, 15) is 9.59 Å². The van der Waals surface area contributed by atoms with Crippen LogP contribution in [0.4, 0.5) is 0 Å². The molecule has 1 aromatic rings. The van der Waals surface area contributed by atoms with Gasteiger partial charge in [0.1, 0.15) is 0 Å². The SMILES string of the molecule is Cc1ncsc1CN(C)C(=O)CC(C)(C)CC(=O)O. The van der Waals surface area contributed by atoms with Crippen molar-refractivity contribution in [3.8, 4) is 0 Å². The molecule has 0 fully saturated rings. The lowest BCUT2D eigenvalue weighted by Gasteiger charge is -2.25. The van der Waals surface area contributed by atoms with Crippen molar-refractivity contribution >= 4 is 23.2 Å². The lowest BCUT2D eigenvalue weighted by atomic mass is 9.85. The molecule has 1 N–H and O–H groups in total. The summed E-state index contributed by atoms with van der Waals surface area (Å²) in [5, 5.41) is 8.81. The van der Waals surface area contributed by atoms with Gasteiger partial charge in [-0.15, -0.1) is 11.3 Å². The van der Waals surface area contributed by atoms with Gasteiger partial charge in [0.2, 0.25) is 5.91 Å². The first-order valence-electron chi connectivity index (χ1n) is 6.06. The van der Waals surface area contributed by atoms with Crippen LogP contribution < -0.4 is 0 Å². The second kappa shape index (κ2) is 6.14. The van der Waals surface area contributed by atoms with Crippen LogP contribution in [0, 0.1) is 12.3 Å². The topological polar surface area (TPSA) is 70.5 Å². The van der Waals surface area contributed by atoms with E-state index in [4.69, 9.17) is 5.11 Å². The Morgan fingerprint density at radius 3 is 2.53 bits per heavy atom. The van der Waals surface area contributed by atoms with Crippen molar-refractivity contribution in [3.05, 3.63) is 16.1 Å². The number of nitrogens with zero attached hydrogens (tertiary/aromatic N) is 2. The lowest BCUT2D eigenvalue weighted by Crippen LogP contribution is -2.31. The molecule has 0 radical (unpaired) electrons. The summed E-state index contributed by atoms with van der Waals surface area (Å²) < 4.78 is 0. The average Bonchev–Trinajstić information content (AvgIpc) is 2.61. The van der Waals surface area contributed by atoms with Crippen molar-refractivity contribution in [2.24, 2.45) is 5.41 Å². The molecule has 0 bridgehead atoms. The molecule has 0 saturated carbocycles. The molecule has 0 saturated heterocycles. The minimum atomic E-state index is -0.876. The van der Waals surface area contributed by atoms with E-state index in [1.54, 1.807) is 31.3 Å². The third kappa shape index (κ3) is 4.98. The van der Waals surface area contributed by atoms with Gasteiger partial charge in [0, 0.05) is 18.3 Å². The van der Waals surface area contributed by atoms with E-state index in [0.717, 1.165) is 10.6 Å². The van der Waals surface area contributed by atoms with Crippen LogP contribution in [-0.4, -0.2) is 33.9 Å². The first-order valence-corrected chi connectivity index (χ1v) is 6.94. The first-order chi connectivity index (χ1) is 8.71. The Kier molecular flexibility index (Phi) is 5.05. The van der Waals surface area contributed by atoms with Gasteiger partial charge < -0.3 is 10.0 Å². The van der Waals surface area contributed by atoms with E-state index in [2.05, 4.69) is 4.98 Å². The first kappa shape index (κ1) is 15.6. The fourth-order valence-corrected chi connectivity index (χ4v) is 2.63. The van der Waals surface area contributed by atoms with E-state index < -0.39 is 11.4 Å². The van der Waals surface area contributed by atoms with Crippen molar-refractivity contribution in [1.82, 2.24) is 9.88 Å². The maximum atomic E-state index is 12.1. The van der Waals surface area contributed by atoms with Gasteiger partial charge in [-0.2, -0.15) is 0 Å². The Morgan fingerprint density at radius 1 is 1.42 bits per heavy atom. The summed E-state index contributed by atoms with van der Waals surface area (Å²) in [6, 6.07) is 0. The molecule has 0 aliphatic heterocycles. The van der Waals surface area contributed by atoms with Crippen LogP contribution in [0.15, 0.2) is 5.51 Å². The minimum absolute atomic E-state index is 0.00777. The zero-order valence-corrected chi connectivity index (χ0v) is 12.6. The number of thiazole rings is 1. The Morgan fingerprint density at radius 2 is 2.05 bits per heavy atom. The van der Waals surface area contributed by atoms with E-state index in [-0.39, 0.29) is 18.7 Å². The molecule has 0 aliphatic rings. The number of carboxylic acid groups (broad SMARTS) is 1. The number of rotatable bonds is 6. The molecule has 0 atom stereocenters. The number of aliphatic carboxylic acids is 1. The molecular weight excluding hydrogens is 264 g/mol. The second-order valence-corrected chi connectivity index (χ2v) is 6.46. The predicted molar refractivity (Wildman–Crippen MR) is 74.0 cm³/mol. The van der Waals surface area contributed by atoms with Crippen molar-refractivity contribution in [2.45, 2.75) is 40.2 Å². The van der Waals surface area contributed by atoms with Gasteiger partial charge >= 0.3 is 5.97 Å². The molecular formula is C13H20N2O3S. The molecule has 19 heavy (non-hydrogen) atoms. The molecule has 1 rings (SSSR count). The number of carboxylic acids is 1. The summed E-state index contributed by atoms with van der Waals surface area (Å²) in [6.45, 7) is 6.03. The third-order valence-electron chi connectivity index (χ3n) is 2.91. The molecule has 0 aromatic carbocycles. The van der Waals surface area contributed by atoms with E-state index in [1.165, 1.54) is 11.3 Å². The van der Waals surface area contributed by atoms with Gasteiger partial charge in [0.25, 0.3) is 0 Å². The average molecular weight is 284 g/mol. The van der Waals surface area contributed by atoms with Crippen LogP contribution >= 0.6 is 11.3 Å². The molecule has 1 heterocycles. The number of aromatic nitrogens is 1. The number of aryl methyl sites for hydroxylation is 1. The zero-order chi connectivity index (χ0) is 14.6. The molecule has 0 aliphatic carbocycles. The molecule has 0 spiro atoms. The Labute approximate surface area is 117 Å². The van der Waals surface area contributed by atoms with Crippen molar-refractivity contribution < 1.29 is 14.7 Å². The van der Waals surface area contributed by atoms with Crippen LogP contribution in [0.25, 0.3) is 0 Å². The van der Waals surface area contributed by atoms with Crippen molar-refractivity contribution in [2.75, 3.05) is 7.05 Å². The highest BCUT2D eigenvalue weighted by Gasteiger charge is 2.27. The third-order valence-corrected chi connectivity index (χ3v) is 3.83. The number of hydrogen-bond donors (Lipinski definition) is 1. The molecule has 5 nitrogen and oxygen atoms in total. The van der Waals surface area contributed by atoms with Crippen LogP contribution in [0.2, 0.25) is 0 Å². The number of hydrogen-bond acceptors (Lipinski definition) is 4. The smallest absolute Gasteiger partial charge is 0.303 e. The number of carbonyl (C=O) groups is 2. The Bertz CT molecular complexity index is 468.